The summed E-state index contributed by atoms with van der Waals surface area (Å²) in [5.74, 6) is -1.17. The van der Waals surface area contributed by atoms with Crippen LogP contribution in [0.1, 0.15) is 5.69 Å². The van der Waals surface area contributed by atoms with E-state index in [1.807, 2.05) is 0 Å². The Labute approximate surface area is 123 Å². The van der Waals surface area contributed by atoms with Gasteiger partial charge in [0.2, 0.25) is 0 Å². The highest BCUT2D eigenvalue weighted by atomic mass is 35.5. The van der Waals surface area contributed by atoms with Gasteiger partial charge in [-0.3, -0.25) is 0 Å². The molecule has 0 N–H and O–H groups in total. The number of aromatic nitrogens is 2. The molecule has 1 aromatic rings. The average molecular weight is 397 g/mol. The minimum absolute atomic E-state index is 0.358. The highest BCUT2D eigenvalue weighted by molar-refractivity contribution is 8.67. The van der Waals surface area contributed by atoms with E-state index in [0.29, 0.717) is 6.26 Å². The Kier molecular flexibility index (Phi) is 3.42. The lowest BCUT2D eigenvalue weighted by Gasteiger charge is -2.15. The third-order valence-electron chi connectivity index (χ3n) is 2.38. The normalized spacial score (nSPS) is 20.1. The summed E-state index contributed by atoms with van der Waals surface area (Å²) in [5.41, 5.74) is -0.598. The molecule has 15 heteroatoms. The maximum atomic E-state index is 11.8. The van der Waals surface area contributed by atoms with Crippen LogP contribution in [0.4, 0.5) is 0 Å². The van der Waals surface area contributed by atoms with Crippen LogP contribution in [0.3, 0.4) is 0 Å². The molecule has 21 heavy (non-hydrogen) atoms. The van der Waals surface area contributed by atoms with Gasteiger partial charge in [-0.15, -0.1) is 0 Å². The van der Waals surface area contributed by atoms with Crippen molar-refractivity contribution in [1.29, 1.82) is 0 Å². The standard InChI is InChI=1S/C6H5ClN2O8S4/c1-18(10,11)20(14,15)5-4(7)3-2-19(12,13)21(16,17)6(8-3)9-5/h2H2,1H3. The fourth-order valence-corrected chi connectivity index (χ4v) is 7.16. The lowest BCUT2D eigenvalue weighted by molar-refractivity contribution is 0.565. The van der Waals surface area contributed by atoms with Crippen molar-refractivity contribution in [2.24, 2.45) is 0 Å². The Morgan fingerprint density at radius 1 is 1.05 bits per heavy atom. The van der Waals surface area contributed by atoms with Gasteiger partial charge < -0.3 is 0 Å². The molecule has 1 aromatic heterocycles. The Morgan fingerprint density at radius 2 is 1.57 bits per heavy atom. The van der Waals surface area contributed by atoms with E-state index in [4.69, 9.17) is 11.6 Å². The van der Waals surface area contributed by atoms with Gasteiger partial charge in [-0.2, -0.15) is 0 Å². The molecule has 0 aromatic carbocycles. The van der Waals surface area contributed by atoms with E-state index in [1.54, 1.807) is 0 Å². The molecule has 1 aliphatic rings. The van der Waals surface area contributed by atoms with Crippen LogP contribution in [-0.4, -0.2) is 49.9 Å². The van der Waals surface area contributed by atoms with E-state index in [0.717, 1.165) is 0 Å². The third kappa shape index (κ3) is 2.25. The summed E-state index contributed by atoms with van der Waals surface area (Å²) in [6.45, 7) is 0. The molecule has 2 rings (SSSR count). The number of hydrogen-bond donors (Lipinski definition) is 0. The molecule has 0 fully saturated rings. The summed E-state index contributed by atoms with van der Waals surface area (Å²) < 4.78 is 92.4. The monoisotopic (exact) mass is 396 g/mol. The fourth-order valence-electron chi connectivity index (χ4n) is 1.32. The lowest BCUT2D eigenvalue weighted by atomic mass is 10.4. The summed E-state index contributed by atoms with van der Waals surface area (Å²) in [5, 5.41) is -3.43. The lowest BCUT2D eigenvalue weighted by Crippen LogP contribution is -2.28. The molecule has 2 bridgehead atoms. The number of halogens is 1. The van der Waals surface area contributed by atoms with Gasteiger partial charge in [0.15, 0.2) is 5.03 Å². The third-order valence-corrected chi connectivity index (χ3v) is 12.0. The smallest absolute Gasteiger partial charge is 0.220 e. The second kappa shape index (κ2) is 4.34. The van der Waals surface area contributed by atoms with E-state index in [1.165, 1.54) is 0 Å². The molecule has 0 unspecified atom stereocenters. The first kappa shape index (κ1) is 16.5. The molecule has 10 nitrogen and oxygen atoms in total. The van der Waals surface area contributed by atoms with Crippen molar-refractivity contribution in [2.45, 2.75) is 15.9 Å². The summed E-state index contributed by atoms with van der Waals surface area (Å²) >= 11 is 5.60. The highest BCUT2D eigenvalue weighted by Crippen LogP contribution is 2.33. The van der Waals surface area contributed by atoms with Crippen LogP contribution in [0.2, 0.25) is 5.02 Å². The first-order valence-electron chi connectivity index (χ1n) is 4.71. The minimum atomic E-state index is -5.09. The van der Waals surface area contributed by atoms with Crippen LogP contribution in [0.5, 0.6) is 0 Å². The first-order valence-corrected chi connectivity index (χ1v) is 12.6. The first-order chi connectivity index (χ1) is 9.22. The van der Waals surface area contributed by atoms with Crippen LogP contribution >= 0.6 is 11.6 Å². The Bertz CT molecular complexity index is 1070. The molecular formula is C6H5ClN2O8S4. The van der Waals surface area contributed by atoms with Crippen LogP contribution < -0.4 is 0 Å². The maximum Gasteiger partial charge on any atom is 0.317 e. The minimum Gasteiger partial charge on any atom is -0.220 e. The van der Waals surface area contributed by atoms with Gasteiger partial charge in [0, 0.05) is 0 Å². The van der Waals surface area contributed by atoms with Gasteiger partial charge >= 0.3 is 17.7 Å². The van der Waals surface area contributed by atoms with E-state index in [2.05, 4.69) is 9.97 Å². The highest BCUT2D eigenvalue weighted by Gasteiger charge is 2.44. The summed E-state index contributed by atoms with van der Waals surface area (Å²) in [6.07, 6.45) is 0.358. The Morgan fingerprint density at radius 3 is 2.05 bits per heavy atom. The summed E-state index contributed by atoms with van der Waals surface area (Å²) in [7, 11) is -19.5. The molecule has 0 saturated heterocycles. The van der Waals surface area contributed by atoms with Gasteiger partial charge in [0.05, 0.1) is 11.9 Å². The van der Waals surface area contributed by atoms with Gasteiger partial charge in [-0.05, 0) is 0 Å². The molecule has 0 aliphatic carbocycles. The predicted molar refractivity (Wildman–Crippen MR) is 68.9 cm³/mol. The number of hydrogen-bond acceptors (Lipinski definition) is 10. The average Bonchev–Trinajstić information content (AvgIpc) is 2.27. The number of nitrogens with zero attached hydrogens (tertiary/aromatic N) is 2. The van der Waals surface area contributed by atoms with Crippen LogP contribution in [0.25, 0.3) is 0 Å². The van der Waals surface area contributed by atoms with Crippen molar-refractivity contribution >= 4 is 47.1 Å². The second-order valence-electron chi connectivity index (χ2n) is 3.89. The van der Waals surface area contributed by atoms with E-state index in [-0.39, 0.29) is 0 Å². The molecule has 0 atom stereocenters. The number of fused-ring (bicyclic) bond motifs is 2. The van der Waals surface area contributed by atoms with Crippen molar-refractivity contribution in [2.75, 3.05) is 6.26 Å². The van der Waals surface area contributed by atoms with E-state index < -0.39 is 62.1 Å². The summed E-state index contributed by atoms with van der Waals surface area (Å²) in [4.78, 5) is 6.33. The number of rotatable bonds is 2. The van der Waals surface area contributed by atoms with Crippen molar-refractivity contribution in [3.05, 3.63) is 10.7 Å². The van der Waals surface area contributed by atoms with Crippen molar-refractivity contribution in [1.82, 2.24) is 9.97 Å². The molecular weight excluding hydrogens is 392 g/mol. The molecule has 0 radical (unpaired) electrons. The van der Waals surface area contributed by atoms with Gasteiger partial charge in [-0.1, -0.05) is 11.6 Å². The van der Waals surface area contributed by atoms with Crippen molar-refractivity contribution < 1.29 is 33.7 Å². The molecule has 118 valence electrons. The van der Waals surface area contributed by atoms with Gasteiger partial charge in [-0.25, -0.2) is 43.6 Å². The second-order valence-corrected chi connectivity index (χ2v) is 15.6. The predicted octanol–water partition coefficient (Wildman–Crippen LogP) is -1.52. The quantitative estimate of drug-likeness (QED) is 0.326. The zero-order chi connectivity index (χ0) is 16.4. The zero-order valence-corrected chi connectivity index (χ0v) is 13.9. The topological polar surface area (TPSA) is 162 Å². The summed E-state index contributed by atoms with van der Waals surface area (Å²) in [6, 6.07) is 0. The SMILES string of the molecule is CS(=O)(=O)S(=O)(=O)c1nc2nc(c1Cl)CS(=O)(=O)S2(=O)=O. The maximum absolute atomic E-state index is 11.8. The zero-order valence-electron chi connectivity index (χ0n) is 9.88. The van der Waals surface area contributed by atoms with Gasteiger partial charge in [0.1, 0.15) is 10.8 Å². The van der Waals surface area contributed by atoms with Crippen LogP contribution in [-0.2, 0) is 41.2 Å². The fraction of sp³-hybridized carbons (Fsp3) is 0.333. The van der Waals surface area contributed by atoms with Crippen molar-refractivity contribution in [3.63, 3.8) is 0 Å². The van der Waals surface area contributed by atoms with Crippen molar-refractivity contribution in [3.8, 4) is 0 Å². The van der Waals surface area contributed by atoms with E-state index >= 15 is 0 Å². The molecule has 0 amide bonds. The van der Waals surface area contributed by atoms with Crippen LogP contribution in [0, 0.1) is 0 Å². The molecule has 0 saturated carbocycles. The molecule has 0 spiro atoms. The van der Waals surface area contributed by atoms with E-state index in [9.17, 15) is 33.7 Å². The Hall–Kier alpha value is -0.830. The van der Waals surface area contributed by atoms with Crippen LogP contribution in [0.15, 0.2) is 10.2 Å². The van der Waals surface area contributed by atoms with Gasteiger partial charge in [0.25, 0.3) is 22.9 Å². The molecule has 1 aliphatic heterocycles. The Balaban J connectivity index is 2.97. The largest absolute Gasteiger partial charge is 0.317 e. The molecule has 2 heterocycles.